The lowest BCUT2D eigenvalue weighted by molar-refractivity contribution is 0.0292. The Labute approximate surface area is 288 Å². The molecule has 9 nitrogen and oxygen atoms in total. The van der Waals surface area contributed by atoms with Gasteiger partial charge in [-0.25, -0.2) is 13.6 Å². The number of ether oxygens (including phenoxy) is 2. The molecule has 3 aliphatic rings. The van der Waals surface area contributed by atoms with E-state index in [1.807, 2.05) is 38.8 Å². The Morgan fingerprint density at radius 3 is 2.77 bits per heavy atom. The van der Waals surface area contributed by atoms with Crippen molar-refractivity contribution >= 4 is 56.8 Å². The van der Waals surface area contributed by atoms with Gasteiger partial charge in [0.05, 0.1) is 15.9 Å². The first-order valence-electron chi connectivity index (χ1n) is 16.3. The predicted octanol–water partition coefficient (Wildman–Crippen LogP) is 7.69. The number of carbonyl (C=O) groups excluding carboxylic acids is 1. The van der Waals surface area contributed by atoms with E-state index in [2.05, 4.69) is 14.9 Å². The number of anilines is 1. The number of halogens is 4. The van der Waals surface area contributed by atoms with E-state index in [0.29, 0.717) is 64.7 Å². The highest BCUT2D eigenvalue weighted by Crippen LogP contribution is 2.42. The summed E-state index contributed by atoms with van der Waals surface area (Å²) >= 11 is 12.9. The molecular formula is C35H38Cl2F2N6O3. The monoisotopic (exact) mass is 698 g/mol. The number of pyridine rings is 1. The van der Waals surface area contributed by atoms with E-state index in [1.54, 1.807) is 35.4 Å². The average molecular weight is 700 g/mol. The van der Waals surface area contributed by atoms with Crippen molar-refractivity contribution in [2.75, 3.05) is 44.7 Å². The zero-order chi connectivity index (χ0) is 34.0. The maximum absolute atomic E-state index is 16.8. The fourth-order valence-corrected chi connectivity index (χ4v) is 8.06. The van der Waals surface area contributed by atoms with Crippen LogP contribution in [0.25, 0.3) is 32.9 Å². The van der Waals surface area contributed by atoms with E-state index in [1.165, 1.54) is 0 Å². The van der Waals surface area contributed by atoms with Crippen LogP contribution in [0.4, 0.5) is 19.4 Å². The number of likely N-dealkylation sites (N-methyl/N-ethyl adjacent to an activating group) is 1. The first-order chi connectivity index (χ1) is 22.8. The number of alkyl halides is 1. The van der Waals surface area contributed by atoms with Crippen LogP contribution >= 0.6 is 23.2 Å². The Kier molecular flexibility index (Phi) is 8.53. The lowest BCUT2D eigenvalue weighted by atomic mass is 9.95. The van der Waals surface area contributed by atoms with Gasteiger partial charge in [-0.15, -0.1) is 0 Å². The SMILES string of the molecule is CN(c1nc(OC[C@@]23CCCN2C[C@H](F)C3)nc2c(F)c(-c3cccc4cc(Cl)cc(Cl)c34)ncc12)[C@@H]1CCN(C(=O)OC(C)(C)C)C1. The molecule has 3 aliphatic heterocycles. The van der Waals surface area contributed by atoms with Gasteiger partial charge in [-0.3, -0.25) is 9.88 Å². The Hall–Kier alpha value is -3.54. The van der Waals surface area contributed by atoms with Crippen LogP contribution in [0.1, 0.15) is 46.5 Å². The van der Waals surface area contributed by atoms with Crippen molar-refractivity contribution in [2.24, 2.45) is 0 Å². The van der Waals surface area contributed by atoms with Crippen molar-refractivity contribution in [3.8, 4) is 17.3 Å². The van der Waals surface area contributed by atoms with Gasteiger partial charge >= 0.3 is 12.1 Å². The molecule has 0 spiro atoms. The van der Waals surface area contributed by atoms with Crippen molar-refractivity contribution < 1.29 is 23.0 Å². The first-order valence-corrected chi connectivity index (χ1v) is 17.0. The molecule has 0 N–H and O–H groups in total. The van der Waals surface area contributed by atoms with Crippen molar-refractivity contribution in [1.29, 1.82) is 0 Å². The highest BCUT2D eigenvalue weighted by Gasteiger charge is 2.49. The van der Waals surface area contributed by atoms with Crippen LogP contribution in [0.15, 0.2) is 36.5 Å². The van der Waals surface area contributed by atoms with Gasteiger partial charge in [0.1, 0.15) is 35.4 Å². The molecule has 0 unspecified atom stereocenters. The number of fused-ring (bicyclic) bond motifs is 3. The van der Waals surface area contributed by atoms with Gasteiger partial charge in [-0.1, -0.05) is 41.4 Å². The standard InChI is InChI=1S/C35H38Cl2F2N6O3/c1-34(2,3)48-33(46)44-12-9-23(18-44)43(4)31-25-16-40-29(24-8-5-7-20-13-21(36)14-26(37)27(20)24)28(39)30(25)41-32(42-31)47-19-35-10-6-11-45(35)17-22(38)15-35/h5,7-8,13-14,16,22-23H,6,9-12,15,17-19H2,1-4H3/t22-,23-,35+/m1/s1. The number of aromatic nitrogens is 3. The minimum absolute atomic E-state index is 0.00587. The van der Waals surface area contributed by atoms with Crippen LogP contribution in [-0.2, 0) is 4.74 Å². The highest BCUT2D eigenvalue weighted by atomic mass is 35.5. The number of benzene rings is 2. The Morgan fingerprint density at radius 1 is 1.17 bits per heavy atom. The molecule has 0 bridgehead atoms. The summed E-state index contributed by atoms with van der Waals surface area (Å²) in [6.07, 6.45) is 3.06. The molecule has 0 aliphatic carbocycles. The van der Waals surface area contributed by atoms with Gasteiger partial charge in [0, 0.05) is 61.3 Å². The fourth-order valence-electron chi connectivity index (χ4n) is 7.45. The van der Waals surface area contributed by atoms with E-state index < -0.39 is 23.1 Å². The van der Waals surface area contributed by atoms with Crippen molar-refractivity contribution in [3.05, 3.63) is 52.4 Å². The number of nitrogens with zero attached hydrogens (tertiary/aromatic N) is 6. The molecule has 13 heteroatoms. The molecular weight excluding hydrogens is 661 g/mol. The second-order valence-corrected chi connectivity index (χ2v) is 15.0. The number of carbonyl (C=O) groups is 1. The molecule has 0 radical (unpaired) electrons. The summed E-state index contributed by atoms with van der Waals surface area (Å²) in [6, 6.07) is 8.66. The van der Waals surface area contributed by atoms with Crippen molar-refractivity contribution in [2.45, 2.75) is 69.8 Å². The van der Waals surface area contributed by atoms with Crippen LogP contribution in [0, 0.1) is 5.82 Å². The third-order valence-corrected chi connectivity index (χ3v) is 10.2. The molecule has 4 aromatic rings. The maximum atomic E-state index is 16.8. The normalized spacial score (nSPS) is 22.9. The molecule has 2 aromatic carbocycles. The molecule has 2 aromatic heterocycles. The number of rotatable bonds is 6. The van der Waals surface area contributed by atoms with Gasteiger partial charge in [0.2, 0.25) is 0 Å². The molecule has 7 rings (SSSR count). The molecule has 254 valence electrons. The summed E-state index contributed by atoms with van der Waals surface area (Å²) in [6.45, 7) is 7.79. The van der Waals surface area contributed by atoms with E-state index in [-0.39, 0.29) is 36.0 Å². The van der Waals surface area contributed by atoms with Gasteiger partial charge in [0.25, 0.3) is 0 Å². The average Bonchev–Trinajstić information content (AvgIpc) is 3.73. The molecule has 3 atom stereocenters. The van der Waals surface area contributed by atoms with Crippen LogP contribution in [-0.4, -0.2) is 94.0 Å². The first kappa shape index (κ1) is 33.0. The van der Waals surface area contributed by atoms with Gasteiger partial charge < -0.3 is 19.3 Å². The van der Waals surface area contributed by atoms with Crippen LogP contribution in [0.5, 0.6) is 6.01 Å². The Bertz CT molecular complexity index is 1910. The predicted molar refractivity (Wildman–Crippen MR) is 183 cm³/mol. The molecule has 5 heterocycles. The molecule has 0 saturated carbocycles. The number of hydrogen-bond acceptors (Lipinski definition) is 8. The maximum Gasteiger partial charge on any atom is 0.410 e. The third kappa shape index (κ3) is 6.09. The van der Waals surface area contributed by atoms with E-state index in [9.17, 15) is 9.18 Å². The van der Waals surface area contributed by atoms with E-state index >= 15 is 4.39 Å². The Morgan fingerprint density at radius 2 is 1.98 bits per heavy atom. The molecule has 3 saturated heterocycles. The summed E-state index contributed by atoms with van der Waals surface area (Å²) in [7, 11) is 1.86. The van der Waals surface area contributed by atoms with Crippen LogP contribution in [0.3, 0.4) is 0 Å². The number of hydrogen-bond donors (Lipinski definition) is 0. The fraction of sp³-hybridized carbons (Fsp3) is 0.486. The summed E-state index contributed by atoms with van der Waals surface area (Å²) in [5, 5.41) is 2.60. The minimum atomic E-state index is -0.920. The zero-order valence-electron chi connectivity index (χ0n) is 27.4. The smallest absolute Gasteiger partial charge is 0.410 e. The highest BCUT2D eigenvalue weighted by molar-refractivity contribution is 6.39. The van der Waals surface area contributed by atoms with Crippen molar-refractivity contribution in [1.82, 2.24) is 24.8 Å². The lowest BCUT2D eigenvalue weighted by Gasteiger charge is -2.31. The van der Waals surface area contributed by atoms with Gasteiger partial charge in [-0.2, -0.15) is 9.97 Å². The van der Waals surface area contributed by atoms with Crippen molar-refractivity contribution in [3.63, 3.8) is 0 Å². The number of likely N-dealkylation sites (tertiary alicyclic amines) is 1. The van der Waals surface area contributed by atoms with Gasteiger partial charge in [-0.05, 0) is 64.1 Å². The minimum Gasteiger partial charge on any atom is -0.461 e. The summed E-state index contributed by atoms with van der Waals surface area (Å²) in [5.41, 5.74) is -0.455. The molecule has 1 amide bonds. The zero-order valence-corrected chi connectivity index (χ0v) is 28.9. The quantitative estimate of drug-likeness (QED) is 0.203. The Balaban J connectivity index is 1.29. The second kappa shape index (κ2) is 12.4. The van der Waals surface area contributed by atoms with Crippen LogP contribution < -0.4 is 9.64 Å². The second-order valence-electron chi connectivity index (χ2n) is 14.1. The molecule has 48 heavy (non-hydrogen) atoms. The number of amides is 1. The summed E-state index contributed by atoms with van der Waals surface area (Å²) in [5.74, 6) is -0.234. The molecule has 3 fully saturated rings. The third-order valence-electron chi connectivity index (χ3n) is 9.72. The van der Waals surface area contributed by atoms with E-state index in [0.717, 1.165) is 24.8 Å². The van der Waals surface area contributed by atoms with Crippen LogP contribution in [0.2, 0.25) is 10.0 Å². The van der Waals surface area contributed by atoms with Gasteiger partial charge in [0.15, 0.2) is 5.82 Å². The summed E-state index contributed by atoms with van der Waals surface area (Å²) in [4.78, 5) is 32.5. The summed E-state index contributed by atoms with van der Waals surface area (Å²) < 4.78 is 43.2. The topological polar surface area (TPSA) is 83.9 Å². The largest absolute Gasteiger partial charge is 0.461 e. The van der Waals surface area contributed by atoms with E-state index in [4.69, 9.17) is 37.7 Å². The lowest BCUT2D eigenvalue weighted by Crippen LogP contribution is -2.43.